The Balaban J connectivity index is 1.26. The second kappa shape index (κ2) is 11.3. The molecule has 1 fully saturated rings. The summed E-state index contributed by atoms with van der Waals surface area (Å²) in [6.07, 6.45) is 1.50. The number of hydrogen-bond acceptors (Lipinski definition) is 6. The fourth-order valence-electron chi connectivity index (χ4n) is 4.23. The number of aromatic nitrogens is 1. The van der Waals surface area contributed by atoms with Crippen LogP contribution in [0.4, 0.5) is 5.69 Å². The second-order valence-corrected chi connectivity index (χ2v) is 9.04. The lowest BCUT2D eigenvalue weighted by Crippen LogP contribution is -2.45. The molecule has 1 saturated heterocycles. The van der Waals surface area contributed by atoms with Crippen molar-refractivity contribution in [3.8, 4) is 0 Å². The lowest BCUT2D eigenvalue weighted by molar-refractivity contribution is 0.0746. The predicted molar refractivity (Wildman–Crippen MR) is 135 cm³/mol. The van der Waals surface area contributed by atoms with Gasteiger partial charge in [0.2, 0.25) is 5.89 Å². The molecule has 34 heavy (non-hydrogen) atoms. The summed E-state index contributed by atoms with van der Waals surface area (Å²) in [6.45, 7) is 8.68. The molecule has 0 saturated carbocycles. The third kappa shape index (κ3) is 6.24. The second-order valence-electron chi connectivity index (χ2n) is 9.04. The first-order valence-electron chi connectivity index (χ1n) is 12.0. The van der Waals surface area contributed by atoms with Crippen LogP contribution in [0.15, 0.2) is 65.3 Å². The first-order chi connectivity index (χ1) is 16.5. The van der Waals surface area contributed by atoms with E-state index in [4.69, 9.17) is 4.42 Å². The molecule has 1 aromatic heterocycles. The van der Waals surface area contributed by atoms with Crippen molar-refractivity contribution in [2.45, 2.75) is 26.6 Å². The maximum atomic E-state index is 12.9. The van der Waals surface area contributed by atoms with Crippen molar-refractivity contribution in [1.29, 1.82) is 0 Å². The van der Waals surface area contributed by atoms with Crippen LogP contribution in [0.1, 0.15) is 34.4 Å². The van der Waals surface area contributed by atoms with E-state index in [1.165, 1.54) is 17.5 Å². The molecule has 0 bridgehead atoms. The molecule has 0 radical (unpaired) electrons. The number of oxazole rings is 1. The highest BCUT2D eigenvalue weighted by atomic mass is 16.3. The summed E-state index contributed by atoms with van der Waals surface area (Å²) in [4.78, 5) is 26.2. The van der Waals surface area contributed by atoms with Gasteiger partial charge in [-0.2, -0.15) is 0 Å². The van der Waals surface area contributed by atoms with Gasteiger partial charge in [0.05, 0.1) is 6.54 Å². The summed E-state index contributed by atoms with van der Waals surface area (Å²) in [5, 5.41) is 0. The van der Waals surface area contributed by atoms with Crippen molar-refractivity contribution >= 4 is 11.6 Å². The number of hydrogen-bond donors (Lipinski definition) is 0. The highest BCUT2D eigenvalue weighted by Crippen LogP contribution is 2.16. The van der Waals surface area contributed by atoms with E-state index in [2.05, 4.69) is 58.0 Å². The van der Waals surface area contributed by atoms with E-state index in [0.29, 0.717) is 31.2 Å². The van der Waals surface area contributed by atoms with Crippen LogP contribution in [0.5, 0.6) is 0 Å². The van der Waals surface area contributed by atoms with E-state index in [0.717, 1.165) is 38.3 Å². The van der Waals surface area contributed by atoms with Crippen LogP contribution in [-0.4, -0.2) is 72.4 Å². The van der Waals surface area contributed by atoms with Gasteiger partial charge in [-0.3, -0.25) is 14.6 Å². The number of benzene rings is 2. The van der Waals surface area contributed by atoms with E-state index in [1.54, 1.807) is 4.90 Å². The monoisotopic (exact) mass is 461 g/mol. The SMILES string of the molecule is CCN(Cc1ccccc1)C(=O)c1coc(CN2CCN(Cc3ccc(N(C)C)cc3)CC2)n1. The number of piperazine rings is 1. The molecule has 0 N–H and O–H groups in total. The lowest BCUT2D eigenvalue weighted by Gasteiger charge is -2.34. The highest BCUT2D eigenvalue weighted by Gasteiger charge is 2.22. The highest BCUT2D eigenvalue weighted by molar-refractivity contribution is 5.91. The van der Waals surface area contributed by atoms with E-state index in [9.17, 15) is 4.79 Å². The zero-order valence-electron chi connectivity index (χ0n) is 20.5. The van der Waals surface area contributed by atoms with Gasteiger partial charge in [0.1, 0.15) is 6.26 Å². The minimum atomic E-state index is -0.0912. The summed E-state index contributed by atoms with van der Waals surface area (Å²) >= 11 is 0. The van der Waals surface area contributed by atoms with Crippen LogP contribution >= 0.6 is 0 Å². The normalized spacial score (nSPS) is 14.8. The minimum absolute atomic E-state index is 0.0912. The van der Waals surface area contributed by atoms with Crippen LogP contribution < -0.4 is 4.90 Å². The topological polar surface area (TPSA) is 56.1 Å². The first kappa shape index (κ1) is 24.0. The number of carbonyl (C=O) groups excluding carboxylic acids is 1. The largest absolute Gasteiger partial charge is 0.447 e. The van der Waals surface area contributed by atoms with E-state index in [1.807, 2.05) is 37.3 Å². The smallest absolute Gasteiger partial charge is 0.276 e. The van der Waals surface area contributed by atoms with Crippen molar-refractivity contribution in [2.75, 3.05) is 51.7 Å². The van der Waals surface area contributed by atoms with Crippen LogP contribution in [0.25, 0.3) is 0 Å². The Morgan fingerprint density at radius 3 is 2.18 bits per heavy atom. The third-order valence-corrected chi connectivity index (χ3v) is 6.34. The third-order valence-electron chi connectivity index (χ3n) is 6.34. The van der Waals surface area contributed by atoms with Gasteiger partial charge in [-0.25, -0.2) is 4.98 Å². The Hall–Kier alpha value is -3.16. The fourth-order valence-corrected chi connectivity index (χ4v) is 4.23. The van der Waals surface area contributed by atoms with Gasteiger partial charge in [-0.05, 0) is 30.2 Å². The lowest BCUT2D eigenvalue weighted by atomic mass is 10.1. The molecule has 0 atom stereocenters. The van der Waals surface area contributed by atoms with Crippen molar-refractivity contribution in [3.05, 3.63) is 83.6 Å². The number of nitrogens with zero attached hydrogens (tertiary/aromatic N) is 5. The Labute approximate surface area is 202 Å². The quantitative estimate of drug-likeness (QED) is 0.484. The molecule has 2 heterocycles. The average molecular weight is 462 g/mol. The molecule has 1 aliphatic rings. The van der Waals surface area contributed by atoms with Crippen LogP contribution in [0.3, 0.4) is 0 Å². The number of carbonyl (C=O) groups is 1. The molecule has 180 valence electrons. The van der Waals surface area contributed by atoms with E-state index in [-0.39, 0.29) is 5.91 Å². The molecule has 1 amide bonds. The Kier molecular flexibility index (Phi) is 7.98. The fraction of sp³-hybridized carbons (Fsp3) is 0.407. The van der Waals surface area contributed by atoms with Crippen LogP contribution in [0, 0.1) is 0 Å². The maximum Gasteiger partial charge on any atom is 0.276 e. The standard InChI is InChI=1S/C27H35N5O2/c1-4-32(19-22-8-6-5-7-9-22)27(33)25-21-34-26(28-25)20-31-16-14-30(15-17-31)18-23-10-12-24(13-11-23)29(2)3/h5-13,21H,4,14-20H2,1-3H3. The van der Waals surface area contributed by atoms with Crippen LogP contribution in [-0.2, 0) is 19.6 Å². The summed E-state index contributed by atoms with van der Waals surface area (Å²) < 4.78 is 5.67. The Bertz CT molecular complexity index is 1040. The van der Waals surface area contributed by atoms with Gasteiger partial charge in [0.25, 0.3) is 5.91 Å². The van der Waals surface area contributed by atoms with Gasteiger partial charge < -0.3 is 14.2 Å². The van der Waals surface area contributed by atoms with Crippen molar-refractivity contribution in [1.82, 2.24) is 19.7 Å². The summed E-state index contributed by atoms with van der Waals surface area (Å²) in [5.74, 6) is 0.512. The number of amides is 1. The first-order valence-corrected chi connectivity index (χ1v) is 12.0. The zero-order chi connectivity index (χ0) is 23.9. The van der Waals surface area contributed by atoms with Gasteiger partial charge in [-0.1, -0.05) is 42.5 Å². The zero-order valence-corrected chi connectivity index (χ0v) is 20.5. The summed E-state index contributed by atoms with van der Waals surface area (Å²) in [7, 11) is 4.12. The van der Waals surface area contributed by atoms with E-state index >= 15 is 0 Å². The Morgan fingerprint density at radius 1 is 0.912 bits per heavy atom. The van der Waals surface area contributed by atoms with Gasteiger partial charge in [-0.15, -0.1) is 0 Å². The van der Waals surface area contributed by atoms with Crippen molar-refractivity contribution in [2.24, 2.45) is 0 Å². The van der Waals surface area contributed by atoms with Crippen molar-refractivity contribution in [3.63, 3.8) is 0 Å². The minimum Gasteiger partial charge on any atom is -0.447 e. The van der Waals surface area contributed by atoms with Crippen molar-refractivity contribution < 1.29 is 9.21 Å². The summed E-state index contributed by atoms with van der Waals surface area (Å²) in [6, 6.07) is 18.8. The predicted octanol–water partition coefficient (Wildman–Crippen LogP) is 3.72. The van der Waals surface area contributed by atoms with E-state index < -0.39 is 0 Å². The number of rotatable bonds is 9. The molecular weight excluding hydrogens is 426 g/mol. The van der Waals surface area contributed by atoms with Crippen LogP contribution in [0.2, 0.25) is 0 Å². The Morgan fingerprint density at radius 2 is 1.56 bits per heavy atom. The molecule has 7 nitrogen and oxygen atoms in total. The molecule has 0 spiro atoms. The van der Waals surface area contributed by atoms with Gasteiger partial charge in [0.15, 0.2) is 5.69 Å². The molecule has 0 unspecified atom stereocenters. The molecule has 2 aromatic carbocycles. The molecule has 3 aromatic rings. The molecule has 1 aliphatic heterocycles. The molecule has 0 aliphatic carbocycles. The summed E-state index contributed by atoms with van der Waals surface area (Å²) in [5.41, 5.74) is 4.05. The average Bonchev–Trinajstić information content (AvgIpc) is 3.33. The molecule has 4 rings (SSSR count). The van der Waals surface area contributed by atoms with Gasteiger partial charge in [0, 0.05) is 65.6 Å². The number of anilines is 1. The van der Waals surface area contributed by atoms with Gasteiger partial charge >= 0.3 is 0 Å². The molecule has 7 heteroatoms. The maximum absolute atomic E-state index is 12.9. The molecular formula is C27H35N5O2.